The molecular formula is C23H33N3O5. The lowest BCUT2D eigenvalue weighted by atomic mass is 10.2. The van der Waals surface area contributed by atoms with E-state index in [2.05, 4.69) is 16.8 Å². The summed E-state index contributed by atoms with van der Waals surface area (Å²) in [6.45, 7) is 8.91. The van der Waals surface area contributed by atoms with Crippen molar-refractivity contribution < 1.29 is 23.9 Å². The minimum Gasteiger partial charge on any atom is -0.462 e. The zero-order valence-electron chi connectivity index (χ0n) is 18.7. The largest absolute Gasteiger partial charge is 0.462 e. The lowest BCUT2D eigenvalue weighted by molar-refractivity contribution is -0.147. The highest BCUT2D eigenvalue weighted by Crippen LogP contribution is 2.10. The van der Waals surface area contributed by atoms with Crippen LogP contribution in [0.4, 0.5) is 0 Å². The van der Waals surface area contributed by atoms with Crippen molar-refractivity contribution in [2.24, 2.45) is 0 Å². The topological polar surface area (TPSA) is 79.4 Å². The van der Waals surface area contributed by atoms with E-state index < -0.39 is 17.8 Å². The lowest BCUT2D eigenvalue weighted by Gasteiger charge is -2.34. The molecule has 1 aromatic rings. The Kier molecular flexibility index (Phi) is 10.2. The smallest absolute Gasteiger partial charge is 0.345 e. The van der Waals surface area contributed by atoms with Gasteiger partial charge >= 0.3 is 11.9 Å². The first-order valence-electron chi connectivity index (χ1n) is 10.7. The third kappa shape index (κ3) is 8.15. The van der Waals surface area contributed by atoms with Gasteiger partial charge in [0.05, 0.1) is 13.2 Å². The minimum atomic E-state index is -0.854. The highest BCUT2D eigenvalue weighted by molar-refractivity contribution is 6.17. The molecule has 0 N–H and O–H groups in total. The van der Waals surface area contributed by atoms with Gasteiger partial charge in [-0.15, -0.1) is 0 Å². The molecule has 1 aliphatic rings. The molecule has 1 amide bonds. The van der Waals surface area contributed by atoms with E-state index in [0.29, 0.717) is 19.6 Å². The molecule has 2 rings (SSSR count). The number of benzene rings is 1. The first kappa shape index (κ1) is 24.6. The highest BCUT2D eigenvalue weighted by Gasteiger charge is 2.25. The number of piperazine rings is 1. The number of carbonyl (C=O) groups excluding carboxylic acids is 3. The number of likely N-dealkylation sites (N-methyl/N-ethyl adjacent to an activating group) is 1. The van der Waals surface area contributed by atoms with Gasteiger partial charge in [0.1, 0.15) is 5.57 Å². The molecule has 1 aromatic carbocycles. The lowest BCUT2D eigenvalue weighted by Crippen LogP contribution is -2.47. The monoisotopic (exact) mass is 431 g/mol. The third-order valence-electron chi connectivity index (χ3n) is 5.07. The van der Waals surface area contributed by atoms with Gasteiger partial charge in [-0.25, -0.2) is 9.59 Å². The molecule has 0 aromatic heterocycles. The number of nitrogens with zero attached hydrogens (tertiary/aromatic N) is 3. The van der Waals surface area contributed by atoms with Crippen molar-refractivity contribution in [1.29, 1.82) is 0 Å². The van der Waals surface area contributed by atoms with Gasteiger partial charge < -0.3 is 19.3 Å². The Morgan fingerprint density at radius 2 is 1.55 bits per heavy atom. The van der Waals surface area contributed by atoms with Crippen LogP contribution < -0.4 is 0 Å². The average Bonchev–Trinajstić information content (AvgIpc) is 2.76. The number of carbonyl (C=O) groups is 3. The molecule has 0 radical (unpaired) electrons. The molecule has 1 fully saturated rings. The number of esters is 2. The quantitative estimate of drug-likeness (QED) is 0.239. The minimum absolute atomic E-state index is 0.0981. The molecule has 0 aliphatic carbocycles. The molecule has 1 saturated heterocycles. The molecule has 0 unspecified atom stereocenters. The van der Waals surface area contributed by atoms with E-state index in [-0.39, 0.29) is 18.8 Å². The Bertz CT molecular complexity index is 738. The van der Waals surface area contributed by atoms with Gasteiger partial charge in [-0.2, -0.15) is 0 Å². The van der Waals surface area contributed by atoms with Crippen LogP contribution in [0.2, 0.25) is 0 Å². The normalized spacial score (nSPS) is 14.5. The zero-order valence-corrected chi connectivity index (χ0v) is 18.7. The molecule has 8 nitrogen and oxygen atoms in total. The molecule has 0 bridgehead atoms. The van der Waals surface area contributed by atoms with Crippen LogP contribution >= 0.6 is 0 Å². The molecule has 0 saturated carbocycles. The summed E-state index contributed by atoms with van der Waals surface area (Å²) < 4.78 is 9.89. The summed E-state index contributed by atoms with van der Waals surface area (Å²) in [5, 5.41) is 0. The number of amides is 1. The van der Waals surface area contributed by atoms with Gasteiger partial charge in [-0.3, -0.25) is 9.69 Å². The summed E-state index contributed by atoms with van der Waals surface area (Å²) in [4.78, 5) is 43.8. The van der Waals surface area contributed by atoms with Gasteiger partial charge in [0.15, 0.2) is 0 Å². The van der Waals surface area contributed by atoms with Gasteiger partial charge in [0.25, 0.3) is 0 Å². The van der Waals surface area contributed by atoms with E-state index in [1.54, 1.807) is 18.7 Å². The molecule has 8 heteroatoms. The number of hydrogen-bond donors (Lipinski definition) is 0. The molecule has 31 heavy (non-hydrogen) atoms. The summed E-state index contributed by atoms with van der Waals surface area (Å²) in [6, 6.07) is 9.63. The fourth-order valence-corrected chi connectivity index (χ4v) is 3.24. The predicted molar refractivity (Wildman–Crippen MR) is 117 cm³/mol. The maximum atomic E-state index is 13.1. The van der Waals surface area contributed by atoms with E-state index >= 15 is 0 Å². The van der Waals surface area contributed by atoms with E-state index in [4.69, 9.17) is 9.47 Å². The van der Waals surface area contributed by atoms with Gasteiger partial charge in [-0.1, -0.05) is 30.3 Å². The third-order valence-corrected chi connectivity index (χ3v) is 5.07. The van der Waals surface area contributed by atoms with Crippen LogP contribution in [0.3, 0.4) is 0 Å². The average molecular weight is 432 g/mol. The number of ether oxygens (including phenoxy) is 2. The van der Waals surface area contributed by atoms with Gasteiger partial charge in [0, 0.05) is 51.9 Å². The summed E-state index contributed by atoms with van der Waals surface area (Å²) in [6.07, 6.45) is 1.04. The number of hydrogen-bond acceptors (Lipinski definition) is 7. The summed E-state index contributed by atoms with van der Waals surface area (Å²) >= 11 is 0. The first-order valence-corrected chi connectivity index (χ1v) is 10.7. The Hall–Kier alpha value is -2.71. The van der Waals surface area contributed by atoms with Crippen molar-refractivity contribution in [1.82, 2.24) is 14.7 Å². The van der Waals surface area contributed by atoms with Crippen molar-refractivity contribution in [3.8, 4) is 0 Å². The maximum Gasteiger partial charge on any atom is 0.345 e. The van der Waals surface area contributed by atoms with Crippen molar-refractivity contribution in [3.05, 3.63) is 47.5 Å². The maximum absolute atomic E-state index is 13.1. The number of rotatable bonds is 10. The molecule has 170 valence electrons. The Morgan fingerprint density at radius 3 is 2.10 bits per heavy atom. The second kappa shape index (κ2) is 12.9. The van der Waals surface area contributed by atoms with Crippen LogP contribution in [0.15, 0.2) is 42.0 Å². The van der Waals surface area contributed by atoms with Crippen molar-refractivity contribution in [3.63, 3.8) is 0 Å². The van der Waals surface area contributed by atoms with Crippen LogP contribution in [0.1, 0.15) is 19.4 Å². The van der Waals surface area contributed by atoms with Crippen LogP contribution in [0.25, 0.3) is 0 Å². The molecule has 1 aliphatic heterocycles. The van der Waals surface area contributed by atoms with E-state index in [1.165, 1.54) is 0 Å². The van der Waals surface area contributed by atoms with E-state index in [9.17, 15) is 14.4 Å². The van der Waals surface area contributed by atoms with Crippen LogP contribution in [0, 0.1) is 0 Å². The first-order chi connectivity index (χ1) is 14.9. The van der Waals surface area contributed by atoms with Crippen LogP contribution in [0.5, 0.6) is 0 Å². The fourth-order valence-electron chi connectivity index (χ4n) is 3.24. The predicted octanol–water partition coefficient (Wildman–Crippen LogP) is 1.32. The highest BCUT2D eigenvalue weighted by atomic mass is 16.6. The van der Waals surface area contributed by atoms with Gasteiger partial charge in [-0.05, 0) is 26.5 Å². The summed E-state index contributed by atoms with van der Waals surface area (Å²) in [7, 11) is 2.10. The van der Waals surface area contributed by atoms with Crippen LogP contribution in [-0.4, -0.2) is 92.1 Å². The second-order valence-corrected chi connectivity index (χ2v) is 7.39. The van der Waals surface area contributed by atoms with E-state index in [1.807, 2.05) is 30.3 Å². The zero-order chi connectivity index (χ0) is 22.6. The summed E-state index contributed by atoms with van der Waals surface area (Å²) in [5.74, 6) is -2.13. The summed E-state index contributed by atoms with van der Waals surface area (Å²) in [5.41, 5.74) is 0.586. The Morgan fingerprint density at radius 1 is 0.968 bits per heavy atom. The molecule has 0 spiro atoms. The Labute approximate surface area is 184 Å². The second-order valence-electron chi connectivity index (χ2n) is 7.39. The van der Waals surface area contributed by atoms with Gasteiger partial charge in [0.2, 0.25) is 5.91 Å². The standard InChI is InChI=1S/C23H33N3O5/c1-4-30-22(28)20(23(29)31-5-2)17-21(27)26(18-19-9-7-6-8-10-19)16-15-25-13-11-24(3)12-14-25/h6-10,17H,4-5,11-16,18H2,1-3H3. The molecule has 1 heterocycles. The Balaban J connectivity index is 2.18. The van der Waals surface area contributed by atoms with Crippen molar-refractivity contribution in [2.45, 2.75) is 20.4 Å². The van der Waals surface area contributed by atoms with Crippen molar-refractivity contribution >= 4 is 17.8 Å². The molecular weight excluding hydrogens is 398 g/mol. The van der Waals surface area contributed by atoms with Crippen LogP contribution in [-0.2, 0) is 30.4 Å². The van der Waals surface area contributed by atoms with E-state index in [0.717, 1.165) is 37.8 Å². The molecule has 0 atom stereocenters. The SMILES string of the molecule is CCOC(=O)C(=CC(=O)N(CCN1CCN(C)CC1)Cc1ccccc1)C(=O)OCC. The fraction of sp³-hybridized carbons (Fsp3) is 0.522. The van der Waals surface area contributed by atoms with Crippen molar-refractivity contribution in [2.75, 3.05) is 59.5 Å².